The van der Waals surface area contributed by atoms with Gasteiger partial charge < -0.3 is 25.4 Å². The molecule has 3 N–H and O–H groups in total. The molecule has 0 radical (unpaired) electrons. The number of nitrogens with one attached hydrogen (secondary N) is 1. The monoisotopic (exact) mass is 478 g/mol. The second kappa shape index (κ2) is 11.9. The molecule has 0 saturated heterocycles. The molecule has 0 heterocycles. The number of benzene rings is 1. The molecule has 0 fully saturated rings. The van der Waals surface area contributed by atoms with Crippen LogP contribution < -0.4 is 11.1 Å². The predicted octanol–water partition coefficient (Wildman–Crippen LogP) is 3.43. The van der Waals surface area contributed by atoms with E-state index in [4.69, 9.17) is 15.2 Å². The zero-order valence-corrected chi connectivity index (χ0v) is 18.6. The summed E-state index contributed by atoms with van der Waals surface area (Å²) in [6.07, 6.45) is -0.345. The van der Waals surface area contributed by atoms with Gasteiger partial charge in [0.1, 0.15) is 5.60 Å². The van der Waals surface area contributed by atoms with Crippen LogP contribution in [0.4, 0.5) is 10.5 Å². The van der Waals surface area contributed by atoms with E-state index in [1.807, 2.05) is 52.0 Å². The average molecular weight is 478 g/mol. The number of ether oxygens (including phenoxy) is 2. The highest BCUT2D eigenvalue weighted by atomic mass is 127. The first-order valence-corrected chi connectivity index (χ1v) is 8.38. The Bertz CT molecular complexity index is 588. The number of guanidine groups is 1. The lowest BCUT2D eigenvalue weighted by Gasteiger charge is -2.26. The standard InChI is InChI=1S/C18H30N4O3.HI/c1-6-22(17(23)25-18(2,3)4)12-11-20-16(19)21-15-10-8-7-9-14(15)13-24-5;/h7-10H,6,11-13H2,1-5H3,(H3,19,20,21);1H. The van der Waals surface area contributed by atoms with Crippen LogP contribution in [0.3, 0.4) is 0 Å². The number of halogens is 1. The van der Waals surface area contributed by atoms with Gasteiger partial charge in [0.05, 0.1) is 13.2 Å². The third-order valence-corrected chi connectivity index (χ3v) is 3.27. The number of nitrogens with two attached hydrogens (primary N) is 1. The van der Waals surface area contributed by atoms with Gasteiger partial charge in [-0.3, -0.25) is 4.99 Å². The molecule has 0 aromatic heterocycles. The number of methoxy groups -OCH3 is 1. The number of anilines is 1. The smallest absolute Gasteiger partial charge is 0.410 e. The maximum absolute atomic E-state index is 12.1. The summed E-state index contributed by atoms with van der Waals surface area (Å²) in [5, 5.41) is 3.07. The van der Waals surface area contributed by atoms with E-state index in [-0.39, 0.29) is 30.1 Å². The number of hydrogen-bond donors (Lipinski definition) is 2. The SMILES string of the molecule is CCN(CCN=C(N)Nc1ccccc1COC)C(=O)OC(C)(C)C.I. The fourth-order valence-electron chi connectivity index (χ4n) is 2.10. The first kappa shape index (κ1) is 24.5. The van der Waals surface area contributed by atoms with Crippen LogP contribution in [0.2, 0.25) is 0 Å². The molecular weight excluding hydrogens is 447 g/mol. The molecule has 1 amide bonds. The Morgan fingerprint density at radius 1 is 1.31 bits per heavy atom. The minimum Gasteiger partial charge on any atom is -0.444 e. The van der Waals surface area contributed by atoms with Crippen molar-refractivity contribution in [1.82, 2.24) is 4.90 Å². The number of nitrogens with zero attached hydrogens (tertiary/aromatic N) is 2. The van der Waals surface area contributed by atoms with Crippen LogP contribution in [-0.2, 0) is 16.1 Å². The maximum atomic E-state index is 12.1. The quantitative estimate of drug-likeness (QED) is 0.356. The van der Waals surface area contributed by atoms with Gasteiger partial charge in [-0.25, -0.2) is 4.79 Å². The van der Waals surface area contributed by atoms with Gasteiger partial charge in [-0.2, -0.15) is 0 Å². The van der Waals surface area contributed by atoms with Crippen LogP contribution in [0.25, 0.3) is 0 Å². The molecule has 0 aliphatic heterocycles. The van der Waals surface area contributed by atoms with Crippen LogP contribution in [-0.4, -0.2) is 49.3 Å². The molecule has 0 spiro atoms. The fraction of sp³-hybridized carbons (Fsp3) is 0.556. The topological polar surface area (TPSA) is 89.2 Å². The van der Waals surface area contributed by atoms with Crippen LogP contribution in [0, 0.1) is 0 Å². The van der Waals surface area contributed by atoms with E-state index in [9.17, 15) is 4.79 Å². The summed E-state index contributed by atoms with van der Waals surface area (Å²) in [6.45, 7) is 9.29. The first-order chi connectivity index (χ1) is 11.8. The Hall–Kier alpha value is -1.55. The summed E-state index contributed by atoms with van der Waals surface area (Å²) in [6, 6.07) is 7.72. The molecule has 26 heavy (non-hydrogen) atoms. The Balaban J connectivity index is 0.00000625. The normalized spacial score (nSPS) is 11.5. The lowest BCUT2D eigenvalue weighted by Crippen LogP contribution is -2.38. The molecule has 0 atom stereocenters. The van der Waals surface area contributed by atoms with Gasteiger partial charge in [0.25, 0.3) is 0 Å². The minimum atomic E-state index is -0.514. The Kier molecular flexibility index (Phi) is 11.2. The molecule has 0 aliphatic carbocycles. The van der Waals surface area contributed by atoms with E-state index in [0.717, 1.165) is 11.3 Å². The number of likely N-dealkylation sites (N-methyl/N-ethyl adjacent to an activating group) is 1. The van der Waals surface area contributed by atoms with Crippen molar-refractivity contribution in [3.8, 4) is 0 Å². The summed E-state index contributed by atoms with van der Waals surface area (Å²) < 4.78 is 10.5. The van der Waals surface area contributed by atoms with Crippen molar-refractivity contribution in [2.24, 2.45) is 10.7 Å². The van der Waals surface area contributed by atoms with E-state index in [1.54, 1.807) is 12.0 Å². The fourth-order valence-corrected chi connectivity index (χ4v) is 2.10. The zero-order chi connectivity index (χ0) is 18.9. The van der Waals surface area contributed by atoms with Crippen LogP contribution >= 0.6 is 24.0 Å². The molecule has 0 aliphatic rings. The van der Waals surface area contributed by atoms with Gasteiger partial charge in [0.2, 0.25) is 0 Å². The van der Waals surface area contributed by atoms with Gasteiger partial charge in [0, 0.05) is 31.5 Å². The number of amides is 1. The maximum Gasteiger partial charge on any atom is 0.410 e. The van der Waals surface area contributed by atoms with E-state index >= 15 is 0 Å². The second-order valence-electron chi connectivity index (χ2n) is 6.54. The summed E-state index contributed by atoms with van der Waals surface area (Å²) >= 11 is 0. The van der Waals surface area contributed by atoms with Crippen LogP contribution in [0.1, 0.15) is 33.3 Å². The Morgan fingerprint density at radius 3 is 2.54 bits per heavy atom. The molecule has 148 valence electrons. The van der Waals surface area contributed by atoms with Gasteiger partial charge in [0.15, 0.2) is 5.96 Å². The minimum absolute atomic E-state index is 0. The lowest BCUT2D eigenvalue weighted by molar-refractivity contribution is 0.0266. The van der Waals surface area contributed by atoms with Gasteiger partial charge in [-0.15, -0.1) is 24.0 Å². The Morgan fingerprint density at radius 2 is 1.96 bits per heavy atom. The molecule has 0 bridgehead atoms. The first-order valence-electron chi connectivity index (χ1n) is 8.38. The van der Waals surface area contributed by atoms with E-state index < -0.39 is 5.60 Å². The summed E-state index contributed by atoms with van der Waals surface area (Å²) in [7, 11) is 1.64. The predicted molar refractivity (Wildman–Crippen MR) is 116 cm³/mol. The highest BCUT2D eigenvalue weighted by molar-refractivity contribution is 14.0. The summed E-state index contributed by atoms with van der Waals surface area (Å²) in [4.78, 5) is 17.9. The van der Waals surface area contributed by atoms with Gasteiger partial charge in [-0.05, 0) is 33.8 Å². The van der Waals surface area contributed by atoms with E-state index in [0.29, 0.717) is 32.2 Å². The average Bonchev–Trinajstić information content (AvgIpc) is 2.52. The zero-order valence-electron chi connectivity index (χ0n) is 16.2. The number of carbonyl (C=O) groups excluding carboxylic acids is 1. The van der Waals surface area contributed by atoms with Crippen molar-refractivity contribution in [2.75, 3.05) is 32.1 Å². The highest BCUT2D eigenvalue weighted by Gasteiger charge is 2.20. The van der Waals surface area contributed by atoms with Crippen molar-refractivity contribution in [1.29, 1.82) is 0 Å². The number of hydrogen-bond acceptors (Lipinski definition) is 4. The van der Waals surface area contributed by atoms with Crippen LogP contribution in [0.5, 0.6) is 0 Å². The lowest BCUT2D eigenvalue weighted by atomic mass is 10.2. The molecule has 1 aromatic rings. The largest absolute Gasteiger partial charge is 0.444 e. The molecule has 8 heteroatoms. The number of aliphatic imine (C=N–C) groups is 1. The summed E-state index contributed by atoms with van der Waals surface area (Å²) in [5.41, 5.74) is 7.27. The number of carbonyl (C=O) groups is 1. The molecule has 1 aromatic carbocycles. The molecule has 1 rings (SSSR count). The second-order valence-corrected chi connectivity index (χ2v) is 6.54. The number of para-hydroxylation sites is 1. The van der Waals surface area contributed by atoms with E-state index in [1.165, 1.54) is 0 Å². The van der Waals surface area contributed by atoms with Crippen molar-refractivity contribution in [3.63, 3.8) is 0 Å². The van der Waals surface area contributed by atoms with Gasteiger partial charge in [-0.1, -0.05) is 18.2 Å². The van der Waals surface area contributed by atoms with Crippen molar-refractivity contribution in [2.45, 2.75) is 39.9 Å². The third-order valence-electron chi connectivity index (χ3n) is 3.27. The third kappa shape index (κ3) is 9.23. The highest BCUT2D eigenvalue weighted by Crippen LogP contribution is 2.15. The van der Waals surface area contributed by atoms with Crippen molar-refractivity contribution >= 4 is 41.7 Å². The summed E-state index contributed by atoms with van der Waals surface area (Å²) in [5.74, 6) is 0.295. The molecule has 0 unspecified atom stereocenters. The number of rotatable bonds is 7. The van der Waals surface area contributed by atoms with E-state index in [2.05, 4.69) is 10.3 Å². The molecular formula is C18H31IN4O3. The molecule has 7 nitrogen and oxygen atoms in total. The van der Waals surface area contributed by atoms with Crippen molar-refractivity contribution in [3.05, 3.63) is 29.8 Å². The van der Waals surface area contributed by atoms with Crippen molar-refractivity contribution < 1.29 is 14.3 Å². The van der Waals surface area contributed by atoms with Crippen LogP contribution in [0.15, 0.2) is 29.3 Å². The molecule has 0 saturated carbocycles. The Labute approximate surface area is 173 Å². The van der Waals surface area contributed by atoms with Gasteiger partial charge >= 0.3 is 6.09 Å².